The van der Waals surface area contributed by atoms with E-state index in [1.807, 2.05) is 19.2 Å². The van der Waals surface area contributed by atoms with Crippen LogP contribution in [0.3, 0.4) is 0 Å². The number of hydrogen-bond donors (Lipinski definition) is 1. The molecule has 2 aromatic carbocycles. The highest BCUT2D eigenvalue weighted by atomic mass is 32.2. The molecule has 1 amide bonds. The van der Waals surface area contributed by atoms with Crippen LogP contribution < -0.4 is 0 Å². The number of sulfone groups is 1. The number of benzene rings is 2. The Kier molecular flexibility index (Phi) is 8.97. The van der Waals surface area contributed by atoms with Crippen LogP contribution in [0.5, 0.6) is 5.75 Å². The summed E-state index contributed by atoms with van der Waals surface area (Å²) in [6.45, 7) is 11.4. The first-order valence-electron chi connectivity index (χ1n) is 13.1. The van der Waals surface area contributed by atoms with Crippen LogP contribution in [0, 0.1) is 5.92 Å². The lowest BCUT2D eigenvalue weighted by molar-refractivity contribution is -0.131. The largest absolute Gasteiger partial charge is 0.508 e. The molecule has 1 saturated carbocycles. The van der Waals surface area contributed by atoms with Crippen LogP contribution in [-0.4, -0.2) is 52.1 Å². The van der Waals surface area contributed by atoms with E-state index in [1.54, 1.807) is 41.3 Å². The zero-order valence-corrected chi connectivity index (χ0v) is 25.1. The lowest BCUT2D eigenvalue weighted by Crippen LogP contribution is -2.43. The van der Waals surface area contributed by atoms with Gasteiger partial charge in [-0.05, 0) is 85.1 Å². The Morgan fingerprint density at radius 3 is 2.35 bits per heavy atom. The second kappa shape index (κ2) is 11.3. The maximum Gasteiger partial charge on any atom is 0.227 e. The molecule has 37 heavy (non-hydrogen) atoms. The molecule has 2 aromatic rings. The molecule has 3 unspecified atom stereocenters. The van der Waals surface area contributed by atoms with E-state index >= 15 is 0 Å². The molecule has 8 heteroatoms. The summed E-state index contributed by atoms with van der Waals surface area (Å²) in [5, 5.41) is 10.3. The fourth-order valence-corrected chi connectivity index (χ4v) is 6.87. The molecule has 0 bridgehead atoms. The lowest BCUT2D eigenvalue weighted by Gasteiger charge is -2.38. The monoisotopic (exact) mass is 545 g/mol. The van der Waals surface area contributed by atoms with Gasteiger partial charge >= 0.3 is 0 Å². The fourth-order valence-electron chi connectivity index (χ4n) is 4.84. The van der Waals surface area contributed by atoms with E-state index in [4.69, 9.17) is 4.43 Å². The van der Waals surface area contributed by atoms with Crippen molar-refractivity contribution >= 4 is 24.1 Å². The summed E-state index contributed by atoms with van der Waals surface area (Å²) in [5.74, 6) is 0.559. The summed E-state index contributed by atoms with van der Waals surface area (Å²) in [6.07, 6.45) is 5.48. The van der Waals surface area contributed by atoms with Crippen molar-refractivity contribution in [2.45, 2.75) is 88.0 Å². The van der Waals surface area contributed by atoms with Crippen molar-refractivity contribution in [3.8, 4) is 5.75 Å². The Balaban J connectivity index is 1.74. The van der Waals surface area contributed by atoms with E-state index in [2.05, 4.69) is 33.9 Å². The first-order chi connectivity index (χ1) is 17.1. The summed E-state index contributed by atoms with van der Waals surface area (Å²) >= 11 is 0. The SMILES string of the molecule is CN(C(=O)Cc1ccc(S(C)(=O)=O)cc1)C(CC1CCC(O[Si](C)(C)C(C)(C)C)C1)c1cccc(O)c1. The summed E-state index contributed by atoms with van der Waals surface area (Å²) in [4.78, 5) is 15.4. The molecule has 204 valence electrons. The third-order valence-electron chi connectivity index (χ3n) is 8.14. The quantitative estimate of drug-likeness (QED) is 0.384. The van der Waals surface area contributed by atoms with Crippen molar-refractivity contribution < 1.29 is 22.7 Å². The number of rotatable bonds is 9. The van der Waals surface area contributed by atoms with E-state index in [-0.39, 0.29) is 40.2 Å². The van der Waals surface area contributed by atoms with E-state index in [0.717, 1.165) is 36.8 Å². The van der Waals surface area contributed by atoms with E-state index in [0.29, 0.717) is 5.92 Å². The minimum atomic E-state index is -3.28. The minimum absolute atomic E-state index is 0.0486. The molecule has 3 rings (SSSR count). The summed E-state index contributed by atoms with van der Waals surface area (Å²) in [7, 11) is -3.31. The van der Waals surface area contributed by atoms with Crippen LogP contribution in [0.15, 0.2) is 53.4 Å². The van der Waals surface area contributed by atoms with Crippen molar-refractivity contribution in [1.82, 2.24) is 4.90 Å². The first-order valence-corrected chi connectivity index (χ1v) is 17.9. The highest BCUT2D eigenvalue weighted by molar-refractivity contribution is 7.90. The molecule has 6 nitrogen and oxygen atoms in total. The molecule has 3 atom stereocenters. The number of phenols is 1. The predicted molar refractivity (Wildman–Crippen MR) is 151 cm³/mol. The number of hydrogen-bond acceptors (Lipinski definition) is 5. The third kappa shape index (κ3) is 7.68. The molecule has 1 aliphatic rings. The second-order valence-corrected chi connectivity index (χ2v) is 18.9. The number of carbonyl (C=O) groups is 1. The average molecular weight is 546 g/mol. The Bertz CT molecular complexity index is 1190. The molecule has 0 heterocycles. The average Bonchev–Trinajstić information content (AvgIpc) is 3.22. The van der Waals surface area contributed by atoms with Gasteiger partial charge in [0.1, 0.15) is 5.75 Å². The molecule has 1 fully saturated rings. The summed E-state index contributed by atoms with van der Waals surface area (Å²) < 4.78 is 30.2. The molecule has 0 aliphatic heterocycles. The van der Waals surface area contributed by atoms with Crippen molar-refractivity contribution in [1.29, 1.82) is 0 Å². The van der Waals surface area contributed by atoms with Gasteiger partial charge in [0.25, 0.3) is 0 Å². The van der Waals surface area contributed by atoms with Gasteiger partial charge in [-0.3, -0.25) is 4.79 Å². The van der Waals surface area contributed by atoms with Crippen molar-refractivity contribution in [3.63, 3.8) is 0 Å². The Morgan fingerprint density at radius 1 is 1.14 bits per heavy atom. The Hall–Kier alpha value is -2.16. The number of carbonyl (C=O) groups excluding carboxylic acids is 1. The van der Waals surface area contributed by atoms with Crippen LogP contribution in [0.1, 0.15) is 63.6 Å². The maximum absolute atomic E-state index is 13.4. The Labute approximate surface area is 224 Å². The fraction of sp³-hybridized carbons (Fsp3) is 0.552. The molecule has 0 saturated heterocycles. The minimum Gasteiger partial charge on any atom is -0.508 e. The predicted octanol–water partition coefficient (Wildman–Crippen LogP) is 6.12. The zero-order chi connectivity index (χ0) is 27.6. The Morgan fingerprint density at radius 2 is 1.78 bits per heavy atom. The number of amides is 1. The maximum atomic E-state index is 13.4. The molecule has 1 N–H and O–H groups in total. The van der Waals surface area contributed by atoms with Gasteiger partial charge in [0, 0.05) is 19.4 Å². The van der Waals surface area contributed by atoms with E-state index < -0.39 is 18.2 Å². The molecular formula is C29H43NO5SSi. The number of phenolic OH excluding ortho intramolecular Hbond substituents is 1. The smallest absolute Gasteiger partial charge is 0.227 e. The van der Waals surface area contributed by atoms with Gasteiger partial charge in [0.15, 0.2) is 18.2 Å². The second-order valence-electron chi connectivity index (χ2n) is 12.1. The van der Waals surface area contributed by atoms with Crippen LogP contribution in [0.4, 0.5) is 0 Å². The van der Waals surface area contributed by atoms with Gasteiger partial charge in [-0.15, -0.1) is 0 Å². The summed E-state index contributed by atoms with van der Waals surface area (Å²) in [5.41, 5.74) is 1.68. The van der Waals surface area contributed by atoms with Crippen molar-refractivity contribution in [3.05, 3.63) is 59.7 Å². The number of nitrogens with zero attached hydrogens (tertiary/aromatic N) is 1. The highest BCUT2D eigenvalue weighted by Crippen LogP contribution is 2.42. The number of likely N-dealkylation sites (N-methyl/N-ethyl adjacent to an activating group) is 1. The van der Waals surface area contributed by atoms with E-state index in [9.17, 15) is 18.3 Å². The normalized spacial score (nSPS) is 19.5. The highest BCUT2D eigenvalue weighted by Gasteiger charge is 2.41. The first kappa shape index (κ1) is 29.4. The van der Waals surface area contributed by atoms with Crippen molar-refractivity contribution in [2.24, 2.45) is 5.92 Å². The lowest BCUT2D eigenvalue weighted by atomic mass is 9.92. The molecule has 0 radical (unpaired) electrons. The van der Waals surface area contributed by atoms with Crippen LogP contribution in [0.2, 0.25) is 18.1 Å². The topological polar surface area (TPSA) is 83.9 Å². The van der Waals surface area contributed by atoms with Gasteiger partial charge < -0.3 is 14.4 Å². The molecule has 0 aromatic heterocycles. The number of aromatic hydroxyl groups is 1. The summed E-state index contributed by atoms with van der Waals surface area (Å²) in [6, 6.07) is 13.5. The van der Waals surface area contributed by atoms with Gasteiger partial charge in [0.05, 0.1) is 17.4 Å². The van der Waals surface area contributed by atoms with Crippen molar-refractivity contribution in [2.75, 3.05) is 13.3 Å². The van der Waals surface area contributed by atoms with Gasteiger partial charge in [-0.1, -0.05) is 45.0 Å². The molecule has 1 aliphatic carbocycles. The zero-order valence-electron chi connectivity index (χ0n) is 23.3. The molecule has 0 spiro atoms. The van der Waals surface area contributed by atoms with E-state index in [1.165, 1.54) is 6.26 Å². The molecular weight excluding hydrogens is 502 g/mol. The standard InChI is InChI=1S/C29H43NO5SSi/c1-29(2,3)37(6,7)35-25-14-11-22(17-25)18-27(23-9-8-10-24(31)20-23)30(4)28(32)19-21-12-15-26(16-13-21)36(5,33)34/h8-10,12-13,15-16,20,22,25,27,31H,11,14,17-19H2,1-7H3. The third-order valence-corrected chi connectivity index (χ3v) is 13.8. The van der Waals surface area contributed by atoms with Gasteiger partial charge in [-0.25, -0.2) is 8.42 Å². The van der Waals surface area contributed by atoms with Crippen LogP contribution in [-0.2, 0) is 25.5 Å². The van der Waals surface area contributed by atoms with Gasteiger partial charge in [-0.2, -0.15) is 0 Å². The van der Waals surface area contributed by atoms with Crippen LogP contribution >= 0.6 is 0 Å². The van der Waals surface area contributed by atoms with Crippen LogP contribution in [0.25, 0.3) is 0 Å². The van der Waals surface area contributed by atoms with Gasteiger partial charge in [0.2, 0.25) is 5.91 Å².